The first-order valence-electron chi connectivity index (χ1n) is 8.06. The fourth-order valence-electron chi connectivity index (χ4n) is 1.10. The van der Waals surface area contributed by atoms with E-state index in [0.717, 1.165) is 0 Å². The summed E-state index contributed by atoms with van der Waals surface area (Å²) in [6.07, 6.45) is 0. The molecule has 0 heterocycles. The van der Waals surface area contributed by atoms with Crippen LogP contribution in [0.25, 0.3) is 0 Å². The molecule has 0 N–H and O–H groups in total. The maximum absolute atomic E-state index is 5.14. The molecule has 0 amide bonds. The summed E-state index contributed by atoms with van der Waals surface area (Å²) < 4.78 is 15.4. The Morgan fingerprint density at radius 3 is 1.00 bits per heavy atom. The zero-order valence-electron chi connectivity index (χ0n) is 17.1. The van der Waals surface area contributed by atoms with Crippen molar-refractivity contribution in [2.45, 2.75) is 28.2 Å². The zero-order valence-corrected chi connectivity index (χ0v) is 40.9. The molecule has 0 fully saturated rings. The summed E-state index contributed by atoms with van der Waals surface area (Å²) in [4.78, 5) is 0. The molecule has 0 aromatic carbocycles. The fourth-order valence-corrected chi connectivity index (χ4v) is 166. The first-order chi connectivity index (χ1) is 13.0. The van der Waals surface area contributed by atoms with Crippen molar-refractivity contribution >= 4 is 201 Å². The van der Waals surface area contributed by atoms with Crippen molar-refractivity contribution in [3.63, 3.8) is 0 Å². The first-order valence-corrected chi connectivity index (χ1v) is 53.3. The third-order valence-electron chi connectivity index (χ3n) is 1.90. The Hall–Kier alpha value is 10.5. The van der Waals surface area contributed by atoms with Crippen molar-refractivity contribution in [1.29, 1.82) is 0 Å². The second-order valence-electron chi connectivity index (χ2n) is 3.85. The van der Waals surface area contributed by atoms with Crippen LogP contribution in [0.5, 0.6) is 0 Å². The molecule has 22 heteroatoms. The molecule has 3 nitrogen and oxygen atoms in total. The number of hydrogen-bond acceptors (Lipinski definition) is 3. The van der Waals surface area contributed by atoms with Crippen LogP contribution in [-0.4, -0.2) is 83.0 Å². The van der Waals surface area contributed by atoms with Crippen molar-refractivity contribution < 1.29 is 13.6 Å². The fraction of sp³-hybridized carbons (Fsp3) is 1.00. The molecular formula is C7H37K2O3P17. The van der Waals surface area contributed by atoms with E-state index in [1.807, 2.05) is 20.8 Å². The normalized spacial score (nSPS) is 13.3. The molecule has 0 rings (SSSR count). The second-order valence-corrected chi connectivity index (χ2v) is 66.9. The predicted molar refractivity (Wildman–Crippen MR) is 196 cm³/mol. The molecule has 0 aliphatic heterocycles. The Balaban J connectivity index is -0.000000208. The van der Waals surface area contributed by atoms with Gasteiger partial charge in [0.25, 0.3) is 0 Å². The molecule has 0 aromatic rings. The average Bonchev–Trinajstić information content (AvgIpc) is 2.61. The van der Waals surface area contributed by atoms with E-state index in [4.69, 9.17) is 13.6 Å². The predicted octanol–water partition coefficient (Wildman–Crippen LogP) is 11.2. The van der Waals surface area contributed by atoms with E-state index in [0.29, 0.717) is 19.8 Å². The Bertz CT molecular complexity index is 309. The summed E-state index contributed by atoms with van der Waals surface area (Å²) in [6.45, 7) is 8.45. The van der Waals surface area contributed by atoms with E-state index < -0.39 is 8.60 Å². The van der Waals surface area contributed by atoms with Gasteiger partial charge in [-0.1, -0.05) is 7.43 Å². The maximum atomic E-state index is 5.14. The van der Waals surface area contributed by atoms with Gasteiger partial charge in [-0.2, -0.15) is 0 Å². The summed E-state index contributed by atoms with van der Waals surface area (Å²) in [6, 6.07) is 0. The molecule has 0 saturated heterocycles. The SMILES string of the molecule is C.CCOP(OCC)OCC.PP(P)P(P)P(P(P)P)P(P(P)P)P(P)P.[K][K]. The van der Waals surface area contributed by atoms with Crippen LogP contribution in [0.15, 0.2) is 0 Å². The summed E-state index contributed by atoms with van der Waals surface area (Å²) in [5.41, 5.74) is 0. The van der Waals surface area contributed by atoms with Crippen LogP contribution < -0.4 is 0 Å². The molecule has 11 unspecified atom stereocenters. The molecular weight excluding hydrogens is 737 g/mol. The molecule has 29 heavy (non-hydrogen) atoms. The second kappa shape index (κ2) is 33.0. The van der Waals surface area contributed by atoms with E-state index in [2.05, 4.69) is 80.4 Å². The zero-order chi connectivity index (χ0) is 22.9. The monoisotopic (exact) mass is 774 g/mol. The number of hydrogen-bond donors (Lipinski definition) is 0. The van der Waals surface area contributed by atoms with Crippen molar-refractivity contribution in [3.05, 3.63) is 0 Å². The van der Waals surface area contributed by atoms with E-state index in [1.54, 1.807) is 0 Å². The van der Waals surface area contributed by atoms with Crippen LogP contribution in [0.2, 0.25) is 0 Å². The van der Waals surface area contributed by atoms with Gasteiger partial charge in [0, 0.05) is 0 Å². The van der Waals surface area contributed by atoms with Gasteiger partial charge >= 0.3 is 71.8 Å². The van der Waals surface area contributed by atoms with Crippen LogP contribution in [-0.2, 0) is 13.6 Å². The van der Waals surface area contributed by atoms with Gasteiger partial charge in [0.15, 0.2) is 0 Å². The molecule has 0 aliphatic rings. The molecule has 0 aliphatic carbocycles. The van der Waals surface area contributed by atoms with Gasteiger partial charge in [-0.25, -0.2) is 0 Å². The van der Waals surface area contributed by atoms with E-state index in [9.17, 15) is 0 Å². The Morgan fingerprint density at radius 2 is 0.828 bits per heavy atom. The van der Waals surface area contributed by atoms with Crippen LogP contribution >= 0.6 is 138 Å². The Labute approximate surface area is 256 Å². The molecule has 0 spiro atoms. The summed E-state index contributed by atoms with van der Waals surface area (Å²) in [5.74, 6) is 0. The van der Waals surface area contributed by atoms with Gasteiger partial charge in [0.05, 0.1) is 19.8 Å². The number of rotatable bonds is 12. The van der Waals surface area contributed by atoms with Gasteiger partial charge in [-0.3, -0.25) is 0 Å². The van der Waals surface area contributed by atoms with Crippen molar-refractivity contribution in [1.82, 2.24) is 0 Å². The third kappa shape index (κ3) is 27.1. The van der Waals surface area contributed by atoms with Crippen molar-refractivity contribution in [2.24, 2.45) is 0 Å². The molecule has 0 radical (unpaired) electrons. The van der Waals surface area contributed by atoms with Crippen molar-refractivity contribution in [3.8, 4) is 0 Å². The van der Waals surface area contributed by atoms with Gasteiger partial charge < -0.3 is 13.6 Å². The first kappa shape index (κ1) is 46.4. The van der Waals surface area contributed by atoms with Crippen LogP contribution in [0.3, 0.4) is 0 Å². The van der Waals surface area contributed by atoms with E-state index in [-0.39, 0.29) is 56.3 Å². The Kier molecular flexibility index (Phi) is 52.8. The van der Waals surface area contributed by atoms with E-state index in [1.165, 1.54) is 63.2 Å². The molecule has 0 aromatic heterocycles. The molecule has 0 saturated carbocycles. The topological polar surface area (TPSA) is 27.7 Å². The molecule has 11 atom stereocenters. The van der Waals surface area contributed by atoms with E-state index >= 15 is 0 Å². The van der Waals surface area contributed by atoms with Gasteiger partial charge in [-0.15, -0.1) is 80.4 Å². The summed E-state index contributed by atoms with van der Waals surface area (Å²) >= 11 is 2.50. The van der Waals surface area contributed by atoms with Crippen LogP contribution in [0.1, 0.15) is 28.2 Å². The standard InChI is InChI=1S/C6H15O3P.CH4.2K.H18P16/c1-4-7-10(8-5-2)9-6-3;;;;1-10(2)14(9)16(13(7)8)15(11(3)4)12(5)6/h4-6H2,1-3H3;1H4;;;1-9H2. The molecule has 170 valence electrons. The van der Waals surface area contributed by atoms with Gasteiger partial charge in [-0.05, 0) is 69.7 Å². The quantitative estimate of drug-likeness (QED) is 0.146. The van der Waals surface area contributed by atoms with Gasteiger partial charge in [0.1, 0.15) is 0 Å². The van der Waals surface area contributed by atoms with Gasteiger partial charge in [0.2, 0.25) is 0 Å². The van der Waals surface area contributed by atoms with Crippen molar-refractivity contribution in [2.75, 3.05) is 19.8 Å². The minimum atomic E-state index is -1.06. The van der Waals surface area contributed by atoms with Crippen LogP contribution in [0, 0.1) is 0 Å². The molecule has 0 bridgehead atoms. The summed E-state index contributed by atoms with van der Waals surface area (Å²) in [7, 11) is 26.7. The van der Waals surface area contributed by atoms with Crippen LogP contribution in [0.4, 0.5) is 0 Å². The minimum absolute atomic E-state index is 0. The Morgan fingerprint density at radius 1 is 0.552 bits per heavy atom. The summed E-state index contributed by atoms with van der Waals surface area (Å²) in [5, 5.41) is 0. The third-order valence-corrected chi connectivity index (χ3v) is 99.3. The average molecular weight is 774 g/mol.